The van der Waals surface area contributed by atoms with Gasteiger partial charge in [-0.15, -0.1) is 11.8 Å². The molecule has 0 aliphatic carbocycles. The van der Waals surface area contributed by atoms with Gasteiger partial charge in [-0.3, -0.25) is 9.59 Å². The number of halogens is 1. The number of carbonyl (C=O) groups is 2. The second-order valence-corrected chi connectivity index (χ2v) is 7.79. The van der Waals surface area contributed by atoms with Gasteiger partial charge in [0, 0.05) is 16.0 Å². The smallest absolute Gasteiger partial charge is 0.307 e. The maximum absolute atomic E-state index is 13.1. The van der Waals surface area contributed by atoms with Gasteiger partial charge in [0.2, 0.25) is 5.91 Å². The molecule has 1 N–H and O–H groups in total. The number of nitrogens with zero attached hydrogens (tertiary/aromatic N) is 1. The van der Waals surface area contributed by atoms with E-state index in [1.54, 1.807) is 19.1 Å². The first kappa shape index (κ1) is 19.2. The Morgan fingerprint density at radius 2 is 2.00 bits per heavy atom. The third-order valence-corrected chi connectivity index (χ3v) is 5.83. The number of thioether (sulfide) groups is 1. The van der Waals surface area contributed by atoms with Crippen LogP contribution in [0.1, 0.15) is 17.7 Å². The molecule has 4 rings (SSSR count). The molecular weight excluding hydrogens is 395 g/mol. The van der Waals surface area contributed by atoms with Crippen LogP contribution in [-0.4, -0.2) is 22.3 Å². The van der Waals surface area contributed by atoms with Crippen molar-refractivity contribution in [3.63, 3.8) is 0 Å². The first-order valence-electron chi connectivity index (χ1n) is 8.94. The highest BCUT2D eigenvalue weighted by Crippen LogP contribution is 2.36. The van der Waals surface area contributed by atoms with Gasteiger partial charge in [-0.1, -0.05) is 17.3 Å². The number of amides is 1. The van der Waals surface area contributed by atoms with Crippen LogP contribution in [0.3, 0.4) is 0 Å². The van der Waals surface area contributed by atoms with Crippen molar-refractivity contribution < 1.29 is 23.2 Å². The van der Waals surface area contributed by atoms with Crippen LogP contribution in [0.4, 0.5) is 10.1 Å². The predicted molar refractivity (Wildman–Crippen MR) is 106 cm³/mol. The molecule has 0 bridgehead atoms. The summed E-state index contributed by atoms with van der Waals surface area (Å²) in [6.07, 6.45) is -0.0491. The third-order valence-electron chi connectivity index (χ3n) is 4.56. The molecule has 0 saturated carbocycles. The van der Waals surface area contributed by atoms with Crippen LogP contribution in [-0.2, 0) is 20.9 Å². The summed E-state index contributed by atoms with van der Waals surface area (Å²) in [5, 5.41) is 6.20. The maximum Gasteiger partial charge on any atom is 0.307 e. The van der Waals surface area contributed by atoms with Gasteiger partial charge in [-0.25, -0.2) is 4.39 Å². The number of rotatable bonds is 5. The number of ether oxygens (including phenoxy) is 1. The predicted octanol–water partition coefficient (Wildman–Crippen LogP) is 4.34. The average molecular weight is 412 g/mol. The number of fused-ring (bicyclic) bond motifs is 1. The number of hydrogen-bond donors (Lipinski definition) is 1. The Hall–Kier alpha value is -3.13. The fourth-order valence-corrected chi connectivity index (χ4v) is 4.06. The lowest BCUT2D eigenvalue weighted by molar-refractivity contribution is -0.145. The third kappa shape index (κ3) is 4.17. The number of aromatic nitrogens is 1. The minimum absolute atomic E-state index is 0.0491. The zero-order valence-corrected chi connectivity index (χ0v) is 16.3. The van der Waals surface area contributed by atoms with Gasteiger partial charge < -0.3 is 14.6 Å². The molecule has 1 aromatic heterocycles. The van der Waals surface area contributed by atoms with Gasteiger partial charge >= 0.3 is 5.97 Å². The van der Waals surface area contributed by atoms with E-state index in [1.807, 2.05) is 24.3 Å². The van der Waals surface area contributed by atoms with Crippen molar-refractivity contribution in [3.05, 3.63) is 65.6 Å². The van der Waals surface area contributed by atoms with Crippen LogP contribution in [0.5, 0.6) is 0 Å². The lowest BCUT2D eigenvalue weighted by Crippen LogP contribution is -2.31. The minimum atomic E-state index is -0.550. The Kier molecular flexibility index (Phi) is 5.35. The van der Waals surface area contributed by atoms with Crippen molar-refractivity contribution in [2.45, 2.75) is 30.1 Å². The number of para-hydroxylation sites is 1. The SMILES string of the molecule is Cc1c(COC(=O)C[C@@H]2Sc3ccccc3NC2=O)noc1-c1ccc(F)cc1. The summed E-state index contributed by atoms with van der Waals surface area (Å²) >= 11 is 1.34. The molecule has 0 radical (unpaired) electrons. The average Bonchev–Trinajstić information content (AvgIpc) is 3.08. The summed E-state index contributed by atoms with van der Waals surface area (Å²) in [6.45, 7) is 1.73. The minimum Gasteiger partial charge on any atom is -0.459 e. The highest BCUT2D eigenvalue weighted by atomic mass is 32.2. The maximum atomic E-state index is 13.1. The summed E-state index contributed by atoms with van der Waals surface area (Å²) in [6, 6.07) is 13.3. The zero-order valence-electron chi connectivity index (χ0n) is 15.5. The first-order chi connectivity index (χ1) is 14.0. The van der Waals surface area contributed by atoms with E-state index >= 15 is 0 Å². The molecule has 2 heterocycles. The van der Waals surface area contributed by atoms with Crippen LogP contribution in [0.2, 0.25) is 0 Å². The van der Waals surface area contributed by atoms with E-state index in [0.717, 1.165) is 10.6 Å². The summed E-state index contributed by atoms with van der Waals surface area (Å²) in [5.41, 5.74) is 2.62. The largest absolute Gasteiger partial charge is 0.459 e. The summed E-state index contributed by atoms with van der Waals surface area (Å²) in [5.74, 6) is -0.563. The van der Waals surface area contributed by atoms with E-state index in [0.29, 0.717) is 22.6 Å². The van der Waals surface area contributed by atoms with E-state index in [2.05, 4.69) is 10.5 Å². The van der Waals surface area contributed by atoms with Crippen LogP contribution >= 0.6 is 11.8 Å². The Balaban J connectivity index is 1.37. The molecule has 1 aliphatic heterocycles. The second-order valence-electron chi connectivity index (χ2n) is 6.55. The van der Waals surface area contributed by atoms with Crippen molar-refractivity contribution in [2.24, 2.45) is 0 Å². The van der Waals surface area contributed by atoms with Gasteiger partial charge in [-0.2, -0.15) is 0 Å². The number of hydrogen-bond acceptors (Lipinski definition) is 6. The monoisotopic (exact) mass is 412 g/mol. The summed E-state index contributed by atoms with van der Waals surface area (Å²) < 4.78 is 23.7. The second kappa shape index (κ2) is 8.08. The van der Waals surface area contributed by atoms with Crippen molar-refractivity contribution in [3.8, 4) is 11.3 Å². The quantitative estimate of drug-likeness (QED) is 0.628. The molecule has 8 heteroatoms. The molecule has 0 unspecified atom stereocenters. The van der Waals surface area contributed by atoms with E-state index in [9.17, 15) is 14.0 Å². The molecule has 0 fully saturated rings. The Morgan fingerprint density at radius 1 is 1.24 bits per heavy atom. The molecule has 3 aromatic rings. The van der Waals surface area contributed by atoms with E-state index < -0.39 is 11.2 Å². The fraction of sp³-hybridized carbons (Fsp3) is 0.190. The number of esters is 1. The molecule has 0 spiro atoms. The van der Waals surface area contributed by atoms with Crippen LogP contribution in [0.25, 0.3) is 11.3 Å². The van der Waals surface area contributed by atoms with Gasteiger partial charge in [-0.05, 0) is 43.3 Å². The number of carbonyl (C=O) groups excluding carboxylic acids is 2. The summed E-state index contributed by atoms with van der Waals surface area (Å²) in [4.78, 5) is 25.4. The Labute approximate surface area is 170 Å². The van der Waals surface area contributed by atoms with Gasteiger partial charge in [0.25, 0.3) is 0 Å². The van der Waals surface area contributed by atoms with Crippen LogP contribution in [0, 0.1) is 12.7 Å². The highest BCUT2D eigenvalue weighted by Gasteiger charge is 2.29. The Bertz CT molecular complexity index is 1060. The van der Waals surface area contributed by atoms with Gasteiger partial charge in [0.05, 0.1) is 17.4 Å². The van der Waals surface area contributed by atoms with E-state index in [4.69, 9.17) is 9.26 Å². The number of anilines is 1. The molecule has 2 aromatic carbocycles. The van der Waals surface area contributed by atoms with Crippen molar-refractivity contribution in [1.29, 1.82) is 0 Å². The van der Waals surface area contributed by atoms with Gasteiger partial charge in [0.15, 0.2) is 5.76 Å². The Morgan fingerprint density at radius 3 is 2.79 bits per heavy atom. The first-order valence-corrected chi connectivity index (χ1v) is 9.82. The zero-order chi connectivity index (χ0) is 20.4. The molecule has 6 nitrogen and oxygen atoms in total. The van der Waals surface area contributed by atoms with Crippen molar-refractivity contribution in [1.82, 2.24) is 5.16 Å². The van der Waals surface area contributed by atoms with E-state index in [1.165, 1.54) is 23.9 Å². The summed E-state index contributed by atoms with van der Waals surface area (Å²) in [7, 11) is 0. The van der Waals surface area contributed by atoms with Crippen LogP contribution in [0.15, 0.2) is 57.9 Å². The number of benzene rings is 2. The molecule has 148 valence electrons. The number of nitrogens with one attached hydrogen (secondary N) is 1. The van der Waals surface area contributed by atoms with E-state index in [-0.39, 0.29) is 24.8 Å². The highest BCUT2D eigenvalue weighted by molar-refractivity contribution is 8.01. The van der Waals surface area contributed by atoms with Gasteiger partial charge in [0.1, 0.15) is 18.1 Å². The van der Waals surface area contributed by atoms with Crippen molar-refractivity contribution >= 4 is 29.3 Å². The standard InChI is InChI=1S/C21H17FN2O4S/c1-12-16(24-28-20(12)13-6-8-14(22)9-7-13)11-27-19(25)10-18-21(26)23-15-4-2-3-5-17(15)29-18/h2-9,18H,10-11H2,1H3,(H,23,26)/t18-/m0/s1. The van der Waals surface area contributed by atoms with Crippen LogP contribution < -0.4 is 5.32 Å². The molecule has 1 aliphatic rings. The molecule has 0 saturated heterocycles. The lowest BCUT2D eigenvalue weighted by atomic mass is 10.1. The molecular formula is C21H17FN2O4S. The normalized spacial score (nSPS) is 15.5. The topological polar surface area (TPSA) is 81.4 Å². The molecule has 29 heavy (non-hydrogen) atoms. The fourth-order valence-electron chi connectivity index (χ4n) is 2.96. The lowest BCUT2D eigenvalue weighted by Gasteiger charge is -2.23. The molecule has 1 atom stereocenters. The van der Waals surface area contributed by atoms with Crippen molar-refractivity contribution in [2.75, 3.05) is 5.32 Å². The molecule has 1 amide bonds.